The number of hydrogen-bond donors (Lipinski definition) is 1. The van der Waals surface area contributed by atoms with Crippen LogP contribution in [0.15, 0.2) is 30.5 Å². The monoisotopic (exact) mass is 302 g/mol. The van der Waals surface area contributed by atoms with Gasteiger partial charge in [0.2, 0.25) is 0 Å². The molecule has 0 bridgehead atoms. The molecule has 1 heterocycles. The molecule has 2 N–H and O–H groups in total. The van der Waals surface area contributed by atoms with Crippen LogP contribution in [0.1, 0.15) is 57.4 Å². The molecule has 1 aromatic carbocycles. The van der Waals surface area contributed by atoms with Gasteiger partial charge in [-0.3, -0.25) is 0 Å². The van der Waals surface area contributed by atoms with Crippen LogP contribution in [0.4, 0.5) is 0 Å². The number of unbranched alkanes of at least 4 members (excludes halogenated alkanes) is 6. The Bertz CT molecular complexity index is 586. The second-order valence-corrected chi connectivity index (χ2v) is 6.17. The van der Waals surface area contributed by atoms with E-state index in [1.165, 1.54) is 55.8 Å². The molecule has 0 spiro atoms. The first kappa shape index (κ1) is 16.0. The first-order chi connectivity index (χ1) is 10.2. The smallest absolute Gasteiger partial charge is 0.104 e. The molecule has 0 saturated heterocycles. The van der Waals surface area contributed by atoms with Gasteiger partial charge >= 0.3 is 0 Å². The molecule has 21 heavy (non-hydrogen) atoms. The molecule has 0 radical (unpaired) electrons. The largest absolute Gasteiger partial charge is 0.389 e. The molecule has 2 aromatic rings. The van der Waals surface area contributed by atoms with E-state index in [-0.39, 0.29) is 0 Å². The van der Waals surface area contributed by atoms with Crippen molar-refractivity contribution < 1.29 is 0 Å². The number of thiocarbonyl (C=S) groups is 1. The van der Waals surface area contributed by atoms with Crippen molar-refractivity contribution in [3.63, 3.8) is 0 Å². The van der Waals surface area contributed by atoms with E-state index >= 15 is 0 Å². The highest BCUT2D eigenvalue weighted by molar-refractivity contribution is 7.80. The zero-order valence-electron chi connectivity index (χ0n) is 13.0. The van der Waals surface area contributed by atoms with Crippen molar-refractivity contribution in [2.45, 2.75) is 58.4 Å². The maximum atomic E-state index is 5.79. The molecule has 0 aliphatic heterocycles. The average Bonchev–Trinajstić information content (AvgIpc) is 2.89. The summed E-state index contributed by atoms with van der Waals surface area (Å²) in [5.41, 5.74) is 8.02. The van der Waals surface area contributed by atoms with Gasteiger partial charge in [-0.05, 0) is 18.6 Å². The highest BCUT2D eigenvalue weighted by Crippen LogP contribution is 2.21. The summed E-state index contributed by atoms with van der Waals surface area (Å²) in [6.45, 7) is 3.34. The number of rotatable bonds is 9. The molecule has 114 valence electrons. The minimum atomic E-state index is 0.481. The number of benzene rings is 1. The molecule has 0 atom stereocenters. The molecule has 2 nitrogen and oxygen atoms in total. The fourth-order valence-electron chi connectivity index (χ4n) is 2.87. The van der Waals surface area contributed by atoms with Crippen molar-refractivity contribution in [2.24, 2.45) is 5.73 Å². The van der Waals surface area contributed by atoms with Crippen molar-refractivity contribution in [3.8, 4) is 0 Å². The zero-order chi connectivity index (χ0) is 15.1. The number of nitrogens with two attached hydrogens (primary N) is 1. The van der Waals surface area contributed by atoms with Gasteiger partial charge < -0.3 is 10.3 Å². The molecule has 0 unspecified atom stereocenters. The second-order valence-electron chi connectivity index (χ2n) is 5.73. The molecule has 0 aliphatic rings. The second kappa shape index (κ2) is 8.18. The average molecular weight is 302 g/mol. The van der Waals surface area contributed by atoms with Gasteiger partial charge in [-0.25, -0.2) is 0 Å². The summed E-state index contributed by atoms with van der Waals surface area (Å²) in [5, 5.41) is 1.17. The lowest BCUT2D eigenvalue weighted by Crippen LogP contribution is -2.09. The fourth-order valence-corrected chi connectivity index (χ4v) is 3.05. The zero-order valence-corrected chi connectivity index (χ0v) is 13.8. The van der Waals surface area contributed by atoms with Gasteiger partial charge in [0.1, 0.15) is 4.99 Å². The van der Waals surface area contributed by atoms with Crippen LogP contribution >= 0.6 is 12.2 Å². The number of nitrogens with zero attached hydrogens (tertiary/aromatic N) is 1. The van der Waals surface area contributed by atoms with E-state index < -0.39 is 0 Å². The van der Waals surface area contributed by atoms with Crippen LogP contribution in [-0.2, 0) is 6.54 Å². The van der Waals surface area contributed by atoms with Gasteiger partial charge in [-0.2, -0.15) is 0 Å². The Morgan fingerprint density at radius 3 is 2.48 bits per heavy atom. The maximum absolute atomic E-state index is 5.79. The molecule has 0 saturated carbocycles. The normalized spacial score (nSPS) is 11.1. The van der Waals surface area contributed by atoms with Crippen molar-refractivity contribution in [1.29, 1.82) is 0 Å². The minimum Gasteiger partial charge on any atom is -0.389 e. The van der Waals surface area contributed by atoms with E-state index in [0.717, 1.165) is 12.1 Å². The third kappa shape index (κ3) is 4.31. The fraction of sp³-hybridized carbons (Fsp3) is 0.500. The van der Waals surface area contributed by atoms with E-state index in [9.17, 15) is 0 Å². The predicted molar refractivity (Wildman–Crippen MR) is 95.8 cm³/mol. The van der Waals surface area contributed by atoms with Gasteiger partial charge in [0.15, 0.2) is 0 Å². The van der Waals surface area contributed by atoms with Crippen LogP contribution in [0.25, 0.3) is 10.9 Å². The third-order valence-corrected chi connectivity index (χ3v) is 4.30. The van der Waals surface area contributed by atoms with Crippen LogP contribution in [0.3, 0.4) is 0 Å². The van der Waals surface area contributed by atoms with E-state index in [2.05, 4.69) is 29.8 Å². The van der Waals surface area contributed by atoms with Crippen LogP contribution in [-0.4, -0.2) is 9.56 Å². The highest BCUT2D eigenvalue weighted by atomic mass is 32.1. The molecule has 0 amide bonds. The molecule has 2 rings (SSSR count). The molecule has 3 heteroatoms. The van der Waals surface area contributed by atoms with Gasteiger partial charge in [0.25, 0.3) is 0 Å². The lowest BCUT2D eigenvalue weighted by atomic mass is 10.1. The topological polar surface area (TPSA) is 30.9 Å². The Morgan fingerprint density at radius 1 is 1.05 bits per heavy atom. The van der Waals surface area contributed by atoms with Crippen molar-refractivity contribution in [1.82, 2.24) is 4.57 Å². The van der Waals surface area contributed by atoms with E-state index in [1.807, 2.05) is 12.1 Å². The summed E-state index contributed by atoms with van der Waals surface area (Å²) in [5.74, 6) is 0. The highest BCUT2D eigenvalue weighted by Gasteiger charge is 2.06. The SMILES string of the molecule is CCCCCCCCCn1ccc2c(C(N)=S)cccc21. The Kier molecular flexibility index (Phi) is 6.24. The predicted octanol–water partition coefficient (Wildman–Crippen LogP) is 5.03. The first-order valence-corrected chi connectivity index (χ1v) is 8.52. The lowest BCUT2D eigenvalue weighted by molar-refractivity contribution is 0.556. The Hall–Kier alpha value is -1.35. The molecular weight excluding hydrogens is 276 g/mol. The van der Waals surface area contributed by atoms with Crippen molar-refractivity contribution in [3.05, 3.63) is 36.0 Å². The van der Waals surface area contributed by atoms with E-state index in [1.54, 1.807) is 0 Å². The van der Waals surface area contributed by atoms with E-state index in [4.69, 9.17) is 18.0 Å². The first-order valence-electron chi connectivity index (χ1n) is 8.11. The summed E-state index contributed by atoms with van der Waals surface area (Å²) in [4.78, 5) is 0.481. The van der Waals surface area contributed by atoms with E-state index in [0.29, 0.717) is 4.99 Å². The van der Waals surface area contributed by atoms with Crippen LogP contribution in [0.5, 0.6) is 0 Å². The quantitative estimate of drug-likeness (QED) is 0.520. The Labute approximate surface area is 133 Å². The van der Waals surface area contributed by atoms with Crippen molar-refractivity contribution in [2.75, 3.05) is 0 Å². The summed E-state index contributed by atoms with van der Waals surface area (Å²) >= 11 is 5.12. The Morgan fingerprint density at radius 2 is 1.76 bits per heavy atom. The standard InChI is InChI=1S/C18H26N2S/c1-2-3-4-5-6-7-8-13-20-14-12-15-16(18(19)21)10-9-11-17(15)20/h9-12,14H,2-8,13H2,1H3,(H2,19,21). The summed E-state index contributed by atoms with van der Waals surface area (Å²) in [7, 11) is 0. The van der Waals surface area contributed by atoms with Gasteiger partial charge in [0.05, 0.1) is 0 Å². The molecule has 1 aromatic heterocycles. The summed E-state index contributed by atoms with van der Waals surface area (Å²) < 4.78 is 2.32. The van der Waals surface area contributed by atoms with Gasteiger partial charge in [-0.15, -0.1) is 0 Å². The number of aromatic nitrogens is 1. The Balaban J connectivity index is 1.88. The molecule has 0 aliphatic carbocycles. The van der Waals surface area contributed by atoms with Gasteiger partial charge in [0, 0.05) is 29.2 Å². The summed E-state index contributed by atoms with van der Waals surface area (Å²) in [6, 6.07) is 8.32. The number of fused-ring (bicyclic) bond motifs is 1. The van der Waals surface area contributed by atoms with Crippen molar-refractivity contribution >= 4 is 28.1 Å². The molecule has 0 fully saturated rings. The van der Waals surface area contributed by atoms with Crippen LogP contribution in [0, 0.1) is 0 Å². The van der Waals surface area contributed by atoms with Gasteiger partial charge in [-0.1, -0.05) is 69.8 Å². The van der Waals surface area contributed by atoms with Crippen LogP contribution < -0.4 is 5.73 Å². The minimum absolute atomic E-state index is 0.481. The van der Waals surface area contributed by atoms with Crippen LogP contribution in [0.2, 0.25) is 0 Å². The summed E-state index contributed by atoms with van der Waals surface area (Å²) in [6.07, 6.45) is 11.5. The number of aryl methyl sites for hydroxylation is 1. The lowest BCUT2D eigenvalue weighted by Gasteiger charge is -2.07. The maximum Gasteiger partial charge on any atom is 0.104 e. The third-order valence-electron chi connectivity index (χ3n) is 4.08. The molecular formula is C18H26N2S. The number of hydrogen-bond acceptors (Lipinski definition) is 1.